The van der Waals surface area contributed by atoms with Gasteiger partial charge in [-0.05, 0) is 90.6 Å². The maximum Gasteiger partial charge on any atom is 0.0434 e. The normalized spacial score (nSPS) is 11.7. The van der Waals surface area contributed by atoms with Gasteiger partial charge in [-0.1, -0.05) is 164 Å². The molecule has 11 rings (SSSR count). The van der Waals surface area contributed by atoms with E-state index in [4.69, 9.17) is 0 Å². The molecule has 0 amide bonds. The van der Waals surface area contributed by atoms with Crippen LogP contribution in [0.25, 0.3) is 106 Å². The lowest BCUT2D eigenvalue weighted by atomic mass is 9.86. The van der Waals surface area contributed by atoms with Gasteiger partial charge >= 0.3 is 0 Å². The van der Waals surface area contributed by atoms with E-state index in [9.17, 15) is 0 Å². The Bertz CT molecular complexity index is 3270. The van der Waals surface area contributed by atoms with Crippen LogP contribution in [0.3, 0.4) is 0 Å². The average Bonchev–Trinajstić information content (AvgIpc) is 3.79. The number of benzene rings is 8. The summed E-state index contributed by atoms with van der Waals surface area (Å²) in [6.45, 7) is 0. The Balaban J connectivity index is 1.09. The van der Waals surface area contributed by atoms with Crippen LogP contribution in [-0.2, 0) is 0 Å². The summed E-state index contributed by atoms with van der Waals surface area (Å²) in [5.41, 5.74) is 7.34. The van der Waals surface area contributed by atoms with Gasteiger partial charge in [0.15, 0.2) is 0 Å². The molecule has 252 valence electrons. The highest BCUT2D eigenvalue weighted by Gasteiger charge is 2.16. The van der Waals surface area contributed by atoms with E-state index >= 15 is 0 Å². The number of rotatable bonds is 3. The maximum absolute atomic E-state index is 2.43. The van der Waals surface area contributed by atoms with Crippen molar-refractivity contribution in [2.45, 2.75) is 0 Å². The molecule has 0 fully saturated rings. The Kier molecular flexibility index (Phi) is 7.33. The van der Waals surface area contributed by atoms with Gasteiger partial charge in [-0.15, -0.1) is 22.7 Å². The highest BCUT2D eigenvalue weighted by atomic mass is 32.1. The number of hydrogen-bond donors (Lipinski definition) is 0. The molecular weight excluding hydrogens is 689 g/mol. The van der Waals surface area contributed by atoms with E-state index in [2.05, 4.69) is 194 Å². The van der Waals surface area contributed by atoms with Crippen molar-refractivity contribution < 1.29 is 0 Å². The van der Waals surface area contributed by atoms with E-state index < -0.39 is 0 Å². The molecule has 11 aromatic rings. The minimum Gasteiger partial charge on any atom is -0.135 e. The molecular formula is C52H32S2. The SMILES string of the molecule is c1cccc(-c2c3ccccc3c(-c3ccccc3)c3ccccc23)ccc(-c2ccc3sc4cc5c(ccc6c7ccccc7sc56)cc4c3c2)cc1. The van der Waals surface area contributed by atoms with Crippen LogP contribution in [0.1, 0.15) is 0 Å². The van der Waals surface area contributed by atoms with Crippen molar-refractivity contribution in [2.75, 3.05) is 0 Å². The number of thiophene rings is 2. The van der Waals surface area contributed by atoms with E-state index in [-0.39, 0.29) is 0 Å². The molecule has 0 N–H and O–H groups in total. The lowest BCUT2D eigenvalue weighted by molar-refractivity contribution is 1.65. The standard InChI is InChI=1S/C52H32S2/c1-2-5-17-35(51-41-21-10-8-19-39(41)50(34-15-6-3-7-16-34)40-20-9-11-22-42(40)51)25-24-33(14-4-1)36-27-29-48-45(30-36)46-31-37-26-28-43-38-18-12-13-23-47(38)54-52(43)44(37)32-49(46)53-48/h1-32H. The van der Waals surface area contributed by atoms with E-state index in [1.165, 1.54) is 106 Å². The Hall–Kier alpha value is -6.32. The fraction of sp³-hybridized carbons (Fsp3) is 0. The monoisotopic (exact) mass is 720 g/mol. The highest BCUT2D eigenvalue weighted by Crippen LogP contribution is 2.45. The van der Waals surface area contributed by atoms with Gasteiger partial charge in [0.2, 0.25) is 0 Å². The molecule has 54 heavy (non-hydrogen) atoms. The van der Waals surface area contributed by atoms with Crippen molar-refractivity contribution in [1.29, 1.82) is 0 Å². The van der Waals surface area contributed by atoms with Crippen LogP contribution in [0, 0.1) is 0 Å². The Labute approximate surface area is 321 Å². The first kappa shape index (κ1) is 31.2. The minimum atomic E-state index is 1.18. The summed E-state index contributed by atoms with van der Waals surface area (Å²) in [4.78, 5) is 0. The summed E-state index contributed by atoms with van der Waals surface area (Å²) in [5.74, 6) is 0. The lowest BCUT2D eigenvalue weighted by Gasteiger charge is -2.17. The zero-order chi connectivity index (χ0) is 35.6. The van der Waals surface area contributed by atoms with Gasteiger partial charge in [-0.25, -0.2) is 0 Å². The zero-order valence-corrected chi connectivity index (χ0v) is 30.9. The largest absolute Gasteiger partial charge is 0.135 e. The molecule has 0 atom stereocenters. The van der Waals surface area contributed by atoms with Crippen LogP contribution < -0.4 is 0 Å². The second-order valence-electron chi connectivity index (χ2n) is 14.0. The first-order valence-corrected chi connectivity index (χ1v) is 20.1. The summed E-state index contributed by atoms with van der Waals surface area (Å²) in [6, 6.07) is 71.5. The van der Waals surface area contributed by atoms with Gasteiger partial charge in [-0.2, -0.15) is 0 Å². The van der Waals surface area contributed by atoms with Crippen LogP contribution >= 0.6 is 22.7 Å². The van der Waals surface area contributed by atoms with Crippen LogP contribution in [0.4, 0.5) is 0 Å². The van der Waals surface area contributed by atoms with Gasteiger partial charge in [0.1, 0.15) is 0 Å². The van der Waals surface area contributed by atoms with Gasteiger partial charge in [-0.3, -0.25) is 0 Å². The van der Waals surface area contributed by atoms with Gasteiger partial charge in [0.25, 0.3) is 0 Å². The highest BCUT2D eigenvalue weighted by molar-refractivity contribution is 7.27. The smallest absolute Gasteiger partial charge is 0.0434 e. The van der Waals surface area contributed by atoms with Crippen LogP contribution in [0.15, 0.2) is 194 Å². The molecule has 2 aromatic heterocycles. The van der Waals surface area contributed by atoms with E-state index in [0.29, 0.717) is 0 Å². The summed E-state index contributed by atoms with van der Waals surface area (Å²) in [7, 11) is 0. The van der Waals surface area contributed by atoms with E-state index in [1.807, 2.05) is 22.7 Å². The Morgan fingerprint density at radius 2 is 0.741 bits per heavy atom. The summed E-state index contributed by atoms with van der Waals surface area (Å²) in [5, 5.41) is 13.0. The topological polar surface area (TPSA) is 0 Å². The van der Waals surface area contributed by atoms with Crippen molar-refractivity contribution in [2.24, 2.45) is 0 Å². The second-order valence-corrected chi connectivity index (χ2v) is 16.1. The molecule has 0 unspecified atom stereocenters. The number of hydrogen-bond acceptors (Lipinski definition) is 2. The summed E-state index contributed by atoms with van der Waals surface area (Å²) >= 11 is 3.80. The predicted octanol–water partition coefficient (Wildman–Crippen LogP) is 16.0. The molecule has 9 aromatic carbocycles. The van der Waals surface area contributed by atoms with Crippen molar-refractivity contribution in [3.8, 4) is 33.4 Å². The Morgan fingerprint density at radius 1 is 0.241 bits per heavy atom. The fourth-order valence-corrected chi connectivity index (χ4v) is 10.7. The molecule has 0 nitrogen and oxygen atoms in total. The fourth-order valence-electron chi connectivity index (χ4n) is 8.41. The van der Waals surface area contributed by atoms with Crippen LogP contribution in [0.2, 0.25) is 0 Å². The molecule has 0 saturated heterocycles. The average molecular weight is 721 g/mol. The molecule has 2 heteroatoms. The van der Waals surface area contributed by atoms with Crippen molar-refractivity contribution in [3.63, 3.8) is 0 Å². The van der Waals surface area contributed by atoms with Gasteiger partial charge < -0.3 is 0 Å². The lowest BCUT2D eigenvalue weighted by Crippen LogP contribution is -1.90. The number of fused-ring (bicyclic) bond motifs is 10. The van der Waals surface area contributed by atoms with Crippen LogP contribution in [0.5, 0.6) is 0 Å². The molecule has 0 bridgehead atoms. The summed E-state index contributed by atoms with van der Waals surface area (Å²) < 4.78 is 5.38. The molecule has 2 heterocycles. The summed E-state index contributed by atoms with van der Waals surface area (Å²) in [6.07, 6.45) is 0. The van der Waals surface area contributed by atoms with Crippen molar-refractivity contribution in [3.05, 3.63) is 194 Å². The van der Waals surface area contributed by atoms with E-state index in [1.54, 1.807) is 0 Å². The van der Waals surface area contributed by atoms with Crippen molar-refractivity contribution >= 4 is 95.3 Å². The van der Waals surface area contributed by atoms with Gasteiger partial charge in [0.05, 0.1) is 0 Å². The third kappa shape index (κ3) is 5.03. The molecule has 0 aliphatic carbocycles. The van der Waals surface area contributed by atoms with Crippen LogP contribution in [-0.4, -0.2) is 0 Å². The molecule has 0 aliphatic rings. The minimum absolute atomic E-state index is 1.18. The predicted molar refractivity (Wildman–Crippen MR) is 239 cm³/mol. The molecule has 0 aliphatic heterocycles. The first-order chi connectivity index (χ1) is 26.8. The molecule has 0 spiro atoms. The zero-order valence-electron chi connectivity index (χ0n) is 29.3. The molecule has 0 saturated carbocycles. The van der Waals surface area contributed by atoms with E-state index in [0.717, 1.165) is 0 Å². The second kappa shape index (κ2) is 12.7. The van der Waals surface area contributed by atoms with Crippen molar-refractivity contribution in [1.82, 2.24) is 0 Å². The Morgan fingerprint density at radius 3 is 1.43 bits per heavy atom. The van der Waals surface area contributed by atoms with Gasteiger partial charge in [0, 0.05) is 45.7 Å². The molecule has 0 radical (unpaired) electrons. The third-order valence-electron chi connectivity index (χ3n) is 10.9. The first-order valence-electron chi connectivity index (χ1n) is 18.4. The quantitative estimate of drug-likeness (QED) is 0.159. The maximum atomic E-state index is 2.43. The third-order valence-corrected chi connectivity index (χ3v) is 13.2.